The predicted octanol–water partition coefficient (Wildman–Crippen LogP) is -0.0190. The molecule has 6 nitrogen and oxygen atoms in total. The SMILES string of the molecule is C[NH+]1CCN(S(=O)(=O)c2ccc3c(c2)C(=O)c2ccccc2C3=O)CC1. The number of likely N-dealkylation sites (N-methyl/N-ethyl adjacent to an activating group) is 1. The molecule has 4 rings (SSSR count). The molecule has 1 fully saturated rings. The van der Waals surface area contributed by atoms with Crippen LogP contribution in [0.15, 0.2) is 47.4 Å². The lowest BCUT2D eigenvalue weighted by atomic mass is 9.84. The third-order valence-electron chi connectivity index (χ3n) is 5.11. The van der Waals surface area contributed by atoms with Crippen LogP contribution >= 0.6 is 0 Å². The summed E-state index contributed by atoms with van der Waals surface area (Å²) in [7, 11) is -1.65. The number of sulfonamides is 1. The first-order valence-electron chi connectivity index (χ1n) is 8.53. The van der Waals surface area contributed by atoms with Gasteiger partial charge in [0.15, 0.2) is 11.6 Å². The van der Waals surface area contributed by atoms with Crippen molar-refractivity contribution < 1.29 is 22.9 Å². The Labute approximate surface area is 152 Å². The molecule has 7 heteroatoms. The minimum absolute atomic E-state index is 0.0661. The van der Waals surface area contributed by atoms with Crippen LogP contribution in [0.2, 0.25) is 0 Å². The van der Waals surface area contributed by atoms with Gasteiger partial charge in [-0.25, -0.2) is 8.42 Å². The molecule has 2 aromatic carbocycles. The minimum Gasteiger partial charge on any atom is -0.335 e. The largest absolute Gasteiger partial charge is 0.335 e. The number of rotatable bonds is 2. The van der Waals surface area contributed by atoms with E-state index < -0.39 is 10.0 Å². The number of fused-ring (bicyclic) bond motifs is 2. The van der Waals surface area contributed by atoms with E-state index in [1.807, 2.05) is 7.05 Å². The molecule has 0 radical (unpaired) electrons. The zero-order valence-electron chi connectivity index (χ0n) is 14.4. The Bertz CT molecular complexity index is 1020. The van der Waals surface area contributed by atoms with Crippen LogP contribution < -0.4 is 4.90 Å². The van der Waals surface area contributed by atoms with Gasteiger partial charge in [0.1, 0.15) is 0 Å². The summed E-state index contributed by atoms with van der Waals surface area (Å²) in [6, 6.07) is 10.9. The Kier molecular flexibility index (Phi) is 4.02. The van der Waals surface area contributed by atoms with Crippen LogP contribution in [-0.4, -0.2) is 57.5 Å². The van der Waals surface area contributed by atoms with Gasteiger partial charge < -0.3 is 4.90 Å². The molecule has 0 spiro atoms. The first-order chi connectivity index (χ1) is 12.4. The molecule has 0 bridgehead atoms. The second-order valence-electron chi connectivity index (χ2n) is 6.77. The molecule has 0 aromatic heterocycles. The highest BCUT2D eigenvalue weighted by molar-refractivity contribution is 7.89. The molecule has 0 unspecified atom stereocenters. The summed E-state index contributed by atoms with van der Waals surface area (Å²) in [5.41, 5.74) is 1.11. The van der Waals surface area contributed by atoms with E-state index in [-0.39, 0.29) is 27.6 Å². The first-order valence-corrected chi connectivity index (χ1v) is 9.97. The lowest BCUT2D eigenvalue weighted by Gasteiger charge is -2.29. The second-order valence-corrected chi connectivity index (χ2v) is 8.71. The molecule has 2 aliphatic rings. The third-order valence-corrected chi connectivity index (χ3v) is 7.00. The Morgan fingerprint density at radius 2 is 1.38 bits per heavy atom. The van der Waals surface area contributed by atoms with Gasteiger partial charge in [-0.3, -0.25) is 9.59 Å². The molecule has 0 amide bonds. The summed E-state index contributed by atoms with van der Waals surface area (Å²) < 4.78 is 27.3. The number of nitrogens with zero attached hydrogens (tertiary/aromatic N) is 1. The molecule has 134 valence electrons. The molecule has 1 saturated heterocycles. The van der Waals surface area contributed by atoms with E-state index in [1.54, 1.807) is 24.3 Å². The van der Waals surface area contributed by atoms with Crippen molar-refractivity contribution in [2.45, 2.75) is 4.90 Å². The Morgan fingerprint density at radius 3 is 2.00 bits per heavy atom. The predicted molar refractivity (Wildman–Crippen MR) is 95.1 cm³/mol. The average Bonchev–Trinajstić information content (AvgIpc) is 2.66. The number of hydrogen-bond acceptors (Lipinski definition) is 4. The summed E-state index contributed by atoms with van der Waals surface area (Å²) in [6.07, 6.45) is 0. The topological polar surface area (TPSA) is 76.0 Å². The fraction of sp³-hybridized carbons (Fsp3) is 0.263. The van der Waals surface area contributed by atoms with Crippen LogP contribution in [0.3, 0.4) is 0 Å². The van der Waals surface area contributed by atoms with Crippen LogP contribution in [0.5, 0.6) is 0 Å². The number of carbonyl (C=O) groups is 2. The highest BCUT2D eigenvalue weighted by atomic mass is 32.2. The maximum atomic E-state index is 12.9. The minimum atomic E-state index is -3.68. The van der Waals surface area contributed by atoms with Crippen molar-refractivity contribution in [3.63, 3.8) is 0 Å². The summed E-state index contributed by atoms with van der Waals surface area (Å²) in [5, 5.41) is 0. The van der Waals surface area contributed by atoms with Crippen molar-refractivity contribution in [1.82, 2.24) is 4.31 Å². The lowest BCUT2D eigenvalue weighted by Crippen LogP contribution is -3.12. The normalized spacial score (nSPS) is 18.5. The lowest BCUT2D eigenvalue weighted by molar-refractivity contribution is -0.883. The van der Waals surface area contributed by atoms with Crippen LogP contribution in [0, 0.1) is 0 Å². The van der Waals surface area contributed by atoms with Gasteiger partial charge in [0, 0.05) is 22.3 Å². The van der Waals surface area contributed by atoms with Crippen molar-refractivity contribution >= 4 is 21.6 Å². The van der Waals surface area contributed by atoms with Crippen LogP contribution in [0.25, 0.3) is 0 Å². The summed E-state index contributed by atoms with van der Waals surface area (Å²) >= 11 is 0. The maximum Gasteiger partial charge on any atom is 0.243 e. The Hall–Kier alpha value is -2.35. The molecular weight excluding hydrogens is 352 g/mol. The van der Waals surface area contributed by atoms with Gasteiger partial charge in [-0.2, -0.15) is 4.31 Å². The Morgan fingerprint density at radius 1 is 0.846 bits per heavy atom. The van der Waals surface area contributed by atoms with Crippen LogP contribution in [0.4, 0.5) is 0 Å². The first kappa shape index (κ1) is 17.1. The second kappa shape index (κ2) is 6.12. The van der Waals surface area contributed by atoms with Gasteiger partial charge in [0.25, 0.3) is 0 Å². The van der Waals surface area contributed by atoms with Crippen molar-refractivity contribution in [1.29, 1.82) is 0 Å². The number of quaternary nitrogens is 1. The van der Waals surface area contributed by atoms with Crippen molar-refractivity contribution in [2.75, 3.05) is 33.2 Å². The number of ketones is 2. The fourth-order valence-electron chi connectivity index (χ4n) is 3.50. The molecule has 1 N–H and O–H groups in total. The smallest absolute Gasteiger partial charge is 0.243 e. The number of nitrogens with one attached hydrogen (secondary N) is 1. The van der Waals surface area contributed by atoms with E-state index in [9.17, 15) is 18.0 Å². The Balaban J connectivity index is 1.76. The van der Waals surface area contributed by atoms with Crippen LogP contribution in [0.1, 0.15) is 31.8 Å². The maximum absolute atomic E-state index is 12.9. The van der Waals surface area contributed by atoms with Gasteiger partial charge in [0.05, 0.1) is 38.1 Å². The zero-order chi connectivity index (χ0) is 18.5. The van der Waals surface area contributed by atoms with E-state index in [4.69, 9.17) is 0 Å². The van der Waals surface area contributed by atoms with Gasteiger partial charge in [-0.1, -0.05) is 24.3 Å². The molecule has 26 heavy (non-hydrogen) atoms. The van der Waals surface area contributed by atoms with E-state index >= 15 is 0 Å². The zero-order valence-corrected chi connectivity index (χ0v) is 15.2. The number of hydrogen-bond donors (Lipinski definition) is 1. The molecular formula is C19H19N2O4S+. The molecule has 1 heterocycles. The van der Waals surface area contributed by atoms with E-state index in [0.29, 0.717) is 24.2 Å². The van der Waals surface area contributed by atoms with E-state index in [1.165, 1.54) is 27.4 Å². The van der Waals surface area contributed by atoms with Gasteiger partial charge in [-0.05, 0) is 18.2 Å². The van der Waals surface area contributed by atoms with Gasteiger partial charge in [0.2, 0.25) is 10.0 Å². The van der Waals surface area contributed by atoms with Gasteiger partial charge in [-0.15, -0.1) is 0 Å². The molecule has 2 aromatic rings. The summed E-state index contributed by atoms with van der Waals surface area (Å²) in [4.78, 5) is 26.8. The molecule has 0 saturated carbocycles. The van der Waals surface area contributed by atoms with E-state index in [0.717, 1.165) is 13.1 Å². The number of piperazine rings is 1. The average molecular weight is 371 g/mol. The molecule has 1 aliphatic carbocycles. The quantitative estimate of drug-likeness (QED) is 0.687. The van der Waals surface area contributed by atoms with Crippen molar-refractivity contribution in [2.24, 2.45) is 0 Å². The standard InChI is InChI=1S/C19H18N2O4S/c1-20-8-10-21(11-9-20)26(24,25)13-6-7-16-17(12-13)19(23)15-5-3-2-4-14(15)18(16)22/h2-7,12H,8-11H2,1H3/p+1. The summed E-state index contributed by atoms with van der Waals surface area (Å²) in [5.74, 6) is -0.558. The third kappa shape index (κ3) is 2.59. The monoisotopic (exact) mass is 371 g/mol. The highest BCUT2D eigenvalue weighted by Gasteiger charge is 2.33. The van der Waals surface area contributed by atoms with Gasteiger partial charge >= 0.3 is 0 Å². The summed E-state index contributed by atoms with van der Waals surface area (Å²) in [6.45, 7) is 2.38. The fourth-order valence-corrected chi connectivity index (χ4v) is 4.96. The van der Waals surface area contributed by atoms with Crippen LogP contribution in [-0.2, 0) is 10.0 Å². The number of benzene rings is 2. The number of carbonyl (C=O) groups excluding carboxylic acids is 2. The van der Waals surface area contributed by atoms with Crippen molar-refractivity contribution in [3.05, 3.63) is 64.7 Å². The van der Waals surface area contributed by atoms with Crippen molar-refractivity contribution in [3.8, 4) is 0 Å². The van der Waals surface area contributed by atoms with E-state index in [2.05, 4.69) is 0 Å². The molecule has 1 aliphatic heterocycles. The highest BCUT2D eigenvalue weighted by Crippen LogP contribution is 2.29. The molecule has 0 atom stereocenters.